The van der Waals surface area contributed by atoms with Gasteiger partial charge in [0, 0.05) is 17.8 Å². The summed E-state index contributed by atoms with van der Waals surface area (Å²) in [5, 5.41) is 0.831. The van der Waals surface area contributed by atoms with Gasteiger partial charge in [-0.05, 0) is 57.9 Å². The van der Waals surface area contributed by atoms with E-state index in [4.69, 9.17) is 4.98 Å². The maximum Gasteiger partial charge on any atom is 0.262 e. The summed E-state index contributed by atoms with van der Waals surface area (Å²) in [5.41, 5.74) is 2.79. The maximum atomic E-state index is 13.3. The fourth-order valence-corrected chi connectivity index (χ4v) is 5.06. The Hall–Kier alpha value is -2.60. The van der Waals surface area contributed by atoms with Crippen LogP contribution < -0.4 is 10.5 Å². The first kappa shape index (κ1) is 19.7. The second kappa shape index (κ2) is 7.67. The molecule has 0 saturated heterocycles. The van der Waals surface area contributed by atoms with Gasteiger partial charge in [-0.2, -0.15) is 0 Å². The molecule has 2 heterocycles. The highest BCUT2D eigenvalue weighted by atomic mass is 32.2. The van der Waals surface area contributed by atoms with Crippen LogP contribution in [0.15, 0.2) is 58.5 Å². The molecule has 5 nitrogen and oxygen atoms in total. The fourth-order valence-electron chi connectivity index (χ4n) is 3.97. The number of hydrogen-bond donors (Lipinski definition) is 0. The number of carbonyl (C=O) groups is 1. The van der Waals surface area contributed by atoms with Crippen LogP contribution in [0.3, 0.4) is 0 Å². The van der Waals surface area contributed by atoms with Gasteiger partial charge in [-0.15, -0.1) is 0 Å². The monoisotopic (exact) mass is 407 g/mol. The zero-order valence-electron chi connectivity index (χ0n) is 17.1. The van der Waals surface area contributed by atoms with Crippen LogP contribution in [-0.4, -0.2) is 26.8 Å². The van der Waals surface area contributed by atoms with Crippen molar-refractivity contribution in [2.75, 3.05) is 4.90 Å². The third kappa shape index (κ3) is 3.46. The van der Waals surface area contributed by atoms with Crippen LogP contribution in [0.4, 0.5) is 5.69 Å². The van der Waals surface area contributed by atoms with Crippen molar-refractivity contribution in [1.29, 1.82) is 0 Å². The fraction of sp³-hybridized carbons (Fsp3) is 0.348. The minimum Gasteiger partial charge on any atom is -0.308 e. The normalized spacial score (nSPS) is 17.0. The van der Waals surface area contributed by atoms with E-state index in [-0.39, 0.29) is 28.8 Å². The zero-order chi connectivity index (χ0) is 20.7. The minimum atomic E-state index is -0.360. The second-order valence-electron chi connectivity index (χ2n) is 7.83. The summed E-state index contributed by atoms with van der Waals surface area (Å²) >= 11 is 1.36. The molecule has 1 amide bonds. The number of rotatable bonds is 4. The Morgan fingerprint density at radius 1 is 1.10 bits per heavy atom. The highest BCUT2D eigenvalue weighted by Crippen LogP contribution is 2.35. The zero-order valence-corrected chi connectivity index (χ0v) is 17.9. The van der Waals surface area contributed by atoms with Crippen molar-refractivity contribution in [3.8, 4) is 0 Å². The first-order valence-corrected chi connectivity index (χ1v) is 10.9. The summed E-state index contributed by atoms with van der Waals surface area (Å²) in [6.45, 7) is 7.90. The van der Waals surface area contributed by atoms with Crippen LogP contribution >= 0.6 is 11.8 Å². The molecule has 3 aromatic rings. The van der Waals surface area contributed by atoms with E-state index < -0.39 is 0 Å². The predicted molar refractivity (Wildman–Crippen MR) is 119 cm³/mol. The van der Waals surface area contributed by atoms with E-state index in [1.165, 1.54) is 17.3 Å². The van der Waals surface area contributed by atoms with Crippen molar-refractivity contribution in [2.45, 2.75) is 56.6 Å². The summed E-state index contributed by atoms with van der Waals surface area (Å²) in [4.78, 5) is 33.0. The van der Waals surface area contributed by atoms with Crippen LogP contribution in [-0.2, 0) is 11.2 Å². The van der Waals surface area contributed by atoms with Gasteiger partial charge < -0.3 is 4.90 Å². The number of benzene rings is 2. The van der Waals surface area contributed by atoms with Crippen LogP contribution in [0.2, 0.25) is 0 Å². The number of amides is 1. The van der Waals surface area contributed by atoms with E-state index in [2.05, 4.69) is 13.0 Å². The maximum absolute atomic E-state index is 13.3. The molecule has 1 aliphatic rings. The molecule has 0 N–H and O–H groups in total. The lowest BCUT2D eigenvalue weighted by Gasteiger charge is -2.26. The van der Waals surface area contributed by atoms with Gasteiger partial charge in [-0.25, -0.2) is 4.98 Å². The Balaban J connectivity index is 1.69. The molecular weight excluding hydrogens is 382 g/mol. The number of thioether (sulfide) groups is 1. The van der Waals surface area contributed by atoms with E-state index in [9.17, 15) is 9.59 Å². The highest BCUT2D eigenvalue weighted by Gasteiger charge is 2.34. The number of carbonyl (C=O) groups excluding carboxylic acids is 1. The third-order valence-electron chi connectivity index (χ3n) is 5.37. The Morgan fingerprint density at radius 2 is 1.79 bits per heavy atom. The Bertz CT molecular complexity index is 1140. The molecule has 0 aliphatic carbocycles. The average molecular weight is 408 g/mol. The van der Waals surface area contributed by atoms with Gasteiger partial charge in [-0.1, -0.05) is 42.1 Å². The smallest absolute Gasteiger partial charge is 0.262 e. The largest absolute Gasteiger partial charge is 0.308 e. The first-order chi connectivity index (χ1) is 13.9. The third-order valence-corrected chi connectivity index (χ3v) is 6.42. The van der Waals surface area contributed by atoms with Gasteiger partial charge in [0.1, 0.15) is 0 Å². The molecule has 0 radical (unpaired) electrons. The number of fused-ring (bicyclic) bond motifs is 2. The Kier molecular flexibility index (Phi) is 5.21. The molecule has 0 saturated carbocycles. The van der Waals surface area contributed by atoms with Crippen LogP contribution in [0.25, 0.3) is 10.9 Å². The van der Waals surface area contributed by atoms with Crippen molar-refractivity contribution < 1.29 is 4.79 Å². The molecule has 2 aromatic carbocycles. The molecule has 0 spiro atoms. The lowest BCUT2D eigenvalue weighted by molar-refractivity contribution is -0.118. The summed E-state index contributed by atoms with van der Waals surface area (Å²) < 4.78 is 1.69. The van der Waals surface area contributed by atoms with Crippen molar-refractivity contribution in [1.82, 2.24) is 9.55 Å². The summed E-state index contributed by atoms with van der Waals surface area (Å²) in [5.74, 6) is 0.0464. The highest BCUT2D eigenvalue weighted by molar-refractivity contribution is 8.00. The van der Waals surface area contributed by atoms with Gasteiger partial charge in [0.15, 0.2) is 5.16 Å². The molecule has 29 heavy (non-hydrogen) atoms. The van der Waals surface area contributed by atoms with Crippen molar-refractivity contribution in [2.24, 2.45) is 0 Å². The van der Waals surface area contributed by atoms with Crippen molar-refractivity contribution in [3.05, 3.63) is 64.4 Å². The predicted octanol–water partition coefficient (Wildman–Crippen LogP) is 4.44. The molecule has 6 heteroatoms. The van der Waals surface area contributed by atoms with Gasteiger partial charge in [0.25, 0.3) is 5.56 Å². The Labute approximate surface area is 174 Å². The summed E-state index contributed by atoms with van der Waals surface area (Å²) in [7, 11) is 0. The van der Waals surface area contributed by atoms with Crippen molar-refractivity contribution in [3.63, 3.8) is 0 Å². The molecule has 0 fully saturated rings. The molecule has 1 aromatic heterocycles. The SMILES string of the molecule is CC(C)n1c(S[C@@H](C)C(=O)N2c3ccccc3C[C@@H]2C)nc2ccccc2c1=O. The number of aromatic nitrogens is 2. The number of anilines is 1. The molecular formula is C23H25N3O2S. The molecule has 0 unspecified atom stereocenters. The second-order valence-corrected chi connectivity index (χ2v) is 9.14. The van der Waals surface area contributed by atoms with Gasteiger partial charge in [0.05, 0.1) is 16.2 Å². The topological polar surface area (TPSA) is 55.2 Å². The van der Waals surface area contributed by atoms with Crippen LogP contribution in [0.5, 0.6) is 0 Å². The van der Waals surface area contributed by atoms with Crippen LogP contribution in [0, 0.1) is 0 Å². The Morgan fingerprint density at radius 3 is 2.55 bits per heavy atom. The van der Waals surface area contributed by atoms with Crippen molar-refractivity contribution >= 4 is 34.3 Å². The molecule has 1 aliphatic heterocycles. The molecule has 0 bridgehead atoms. The molecule has 2 atom stereocenters. The minimum absolute atomic E-state index is 0.0455. The average Bonchev–Trinajstić information content (AvgIpc) is 3.02. The summed E-state index contributed by atoms with van der Waals surface area (Å²) in [6.07, 6.45) is 0.865. The van der Waals surface area contributed by atoms with E-state index in [1.54, 1.807) is 10.6 Å². The summed E-state index contributed by atoms with van der Waals surface area (Å²) in [6, 6.07) is 15.5. The van der Waals surface area contributed by atoms with E-state index in [1.807, 2.05) is 62.1 Å². The standard InChI is InChI=1S/C23H25N3O2S/c1-14(2)25-22(28)18-10-6-7-11-19(18)24-23(25)29-16(4)21(27)26-15(3)13-17-9-5-8-12-20(17)26/h5-12,14-16H,13H2,1-4H3/t15-,16-/m0/s1. The van der Waals surface area contributed by atoms with Gasteiger partial charge in [0.2, 0.25) is 5.91 Å². The number of para-hydroxylation sites is 2. The molecule has 4 rings (SSSR count). The van der Waals surface area contributed by atoms with E-state index >= 15 is 0 Å². The quantitative estimate of drug-likeness (QED) is 0.474. The lowest BCUT2D eigenvalue weighted by atomic mass is 10.1. The van der Waals surface area contributed by atoms with Gasteiger partial charge >= 0.3 is 0 Å². The van der Waals surface area contributed by atoms with Gasteiger partial charge in [-0.3, -0.25) is 14.2 Å². The number of nitrogens with zero attached hydrogens (tertiary/aromatic N) is 3. The van der Waals surface area contributed by atoms with E-state index in [0.717, 1.165) is 12.1 Å². The number of hydrogen-bond acceptors (Lipinski definition) is 4. The van der Waals surface area contributed by atoms with E-state index in [0.29, 0.717) is 16.1 Å². The molecule has 150 valence electrons. The lowest BCUT2D eigenvalue weighted by Crippen LogP contribution is -2.40. The first-order valence-electron chi connectivity index (χ1n) is 9.97. The van der Waals surface area contributed by atoms with Crippen LogP contribution in [0.1, 0.15) is 39.3 Å².